The van der Waals surface area contributed by atoms with Crippen molar-refractivity contribution in [1.29, 1.82) is 0 Å². The van der Waals surface area contributed by atoms with Crippen LogP contribution in [0.1, 0.15) is 30.9 Å². The van der Waals surface area contributed by atoms with E-state index in [-0.39, 0.29) is 0 Å². The van der Waals surface area contributed by atoms with Gasteiger partial charge in [0.2, 0.25) is 0 Å². The standard InChI is InChI=1S/C14H22N2/c1-4-16(13-6-7-13)14-8-5-12(10-15-3)9-11(14)2/h5,8-9,13,15H,4,6-7,10H2,1-3H3. The Hall–Kier alpha value is -1.02. The van der Waals surface area contributed by atoms with E-state index in [0.717, 1.165) is 19.1 Å². The molecule has 88 valence electrons. The molecule has 0 heterocycles. The fourth-order valence-corrected chi connectivity index (χ4v) is 2.37. The molecule has 0 spiro atoms. The highest BCUT2D eigenvalue weighted by Gasteiger charge is 2.28. The van der Waals surface area contributed by atoms with Crippen molar-refractivity contribution in [2.24, 2.45) is 0 Å². The summed E-state index contributed by atoms with van der Waals surface area (Å²) in [5.41, 5.74) is 4.20. The van der Waals surface area contributed by atoms with Gasteiger partial charge in [-0.2, -0.15) is 0 Å². The number of hydrogen-bond donors (Lipinski definition) is 1. The van der Waals surface area contributed by atoms with E-state index >= 15 is 0 Å². The number of hydrogen-bond acceptors (Lipinski definition) is 2. The molecule has 1 aliphatic carbocycles. The van der Waals surface area contributed by atoms with Crippen molar-refractivity contribution in [1.82, 2.24) is 5.32 Å². The van der Waals surface area contributed by atoms with E-state index in [4.69, 9.17) is 0 Å². The maximum atomic E-state index is 3.20. The first-order valence-corrected chi connectivity index (χ1v) is 6.27. The molecule has 0 bridgehead atoms. The summed E-state index contributed by atoms with van der Waals surface area (Å²) in [6.45, 7) is 6.55. The van der Waals surface area contributed by atoms with Crippen LogP contribution >= 0.6 is 0 Å². The van der Waals surface area contributed by atoms with Crippen molar-refractivity contribution in [3.05, 3.63) is 29.3 Å². The van der Waals surface area contributed by atoms with Crippen molar-refractivity contribution in [3.8, 4) is 0 Å². The molecule has 1 aliphatic rings. The Kier molecular flexibility index (Phi) is 3.49. The lowest BCUT2D eigenvalue weighted by Crippen LogP contribution is -2.25. The summed E-state index contributed by atoms with van der Waals surface area (Å²) in [6, 6.07) is 7.63. The molecule has 16 heavy (non-hydrogen) atoms. The smallest absolute Gasteiger partial charge is 0.0398 e. The number of anilines is 1. The normalized spacial score (nSPS) is 15.2. The van der Waals surface area contributed by atoms with Gasteiger partial charge in [-0.25, -0.2) is 0 Å². The Morgan fingerprint density at radius 1 is 1.38 bits per heavy atom. The second-order valence-electron chi connectivity index (χ2n) is 4.67. The number of aryl methyl sites for hydroxylation is 1. The van der Waals surface area contributed by atoms with Crippen LogP contribution in [-0.2, 0) is 6.54 Å². The van der Waals surface area contributed by atoms with Crippen LogP contribution in [0.2, 0.25) is 0 Å². The first-order valence-electron chi connectivity index (χ1n) is 6.27. The predicted molar refractivity (Wildman–Crippen MR) is 70.0 cm³/mol. The summed E-state index contributed by atoms with van der Waals surface area (Å²) >= 11 is 0. The largest absolute Gasteiger partial charge is 0.369 e. The highest BCUT2D eigenvalue weighted by molar-refractivity contribution is 5.56. The van der Waals surface area contributed by atoms with E-state index in [1.807, 2.05) is 7.05 Å². The third-order valence-corrected chi connectivity index (χ3v) is 3.28. The Morgan fingerprint density at radius 2 is 2.12 bits per heavy atom. The third kappa shape index (κ3) is 2.38. The number of nitrogens with one attached hydrogen (secondary N) is 1. The first kappa shape index (κ1) is 11.5. The fourth-order valence-electron chi connectivity index (χ4n) is 2.37. The molecule has 1 aromatic rings. The van der Waals surface area contributed by atoms with Crippen LogP contribution in [0, 0.1) is 6.92 Å². The van der Waals surface area contributed by atoms with Gasteiger partial charge in [0.1, 0.15) is 0 Å². The van der Waals surface area contributed by atoms with E-state index in [0.29, 0.717) is 0 Å². The zero-order chi connectivity index (χ0) is 11.5. The minimum absolute atomic E-state index is 0.804. The second kappa shape index (κ2) is 4.88. The van der Waals surface area contributed by atoms with E-state index < -0.39 is 0 Å². The molecule has 1 N–H and O–H groups in total. The third-order valence-electron chi connectivity index (χ3n) is 3.28. The van der Waals surface area contributed by atoms with Crippen molar-refractivity contribution in [2.45, 2.75) is 39.3 Å². The summed E-state index contributed by atoms with van der Waals surface area (Å²) in [6.07, 6.45) is 2.73. The van der Waals surface area contributed by atoms with Gasteiger partial charge in [-0.3, -0.25) is 0 Å². The summed E-state index contributed by atoms with van der Waals surface area (Å²) < 4.78 is 0. The summed E-state index contributed by atoms with van der Waals surface area (Å²) in [5, 5.41) is 3.20. The molecule has 1 aromatic carbocycles. The van der Waals surface area contributed by atoms with Crippen LogP contribution in [-0.4, -0.2) is 19.6 Å². The predicted octanol–water partition coefficient (Wildman–Crippen LogP) is 2.70. The minimum atomic E-state index is 0.804. The Bertz CT molecular complexity index is 356. The molecule has 0 saturated heterocycles. The average molecular weight is 218 g/mol. The van der Waals surface area contributed by atoms with Gasteiger partial charge in [0, 0.05) is 24.8 Å². The quantitative estimate of drug-likeness (QED) is 0.817. The van der Waals surface area contributed by atoms with Gasteiger partial charge in [0.25, 0.3) is 0 Å². The van der Waals surface area contributed by atoms with E-state index in [1.54, 1.807) is 0 Å². The molecule has 2 nitrogen and oxygen atoms in total. The summed E-state index contributed by atoms with van der Waals surface area (Å²) in [4.78, 5) is 2.54. The SMILES string of the molecule is CCN(c1ccc(CNC)cc1C)C1CC1. The van der Waals surface area contributed by atoms with Gasteiger partial charge >= 0.3 is 0 Å². The van der Waals surface area contributed by atoms with Gasteiger partial charge in [0.15, 0.2) is 0 Å². The second-order valence-corrected chi connectivity index (χ2v) is 4.67. The van der Waals surface area contributed by atoms with Gasteiger partial charge in [0.05, 0.1) is 0 Å². The van der Waals surface area contributed by atoms with Crippen molar-refractivity contribution in [3.63, 3.8) is 0 Å². The Morgan fingerprint density at radius 3 is 2.62 bits per heavy atom. The molecular weight excluding hydrogens is 196 g/mol. The van der Waals surface area contributed by atoms with Crippen molar-refractivity contribution >= 4 is 5.69 Å². The molecule has 0 aromatic heterocycles. The topological polar surface area (TPSA) is 15.3 Å². The molecule has 0 aliphatic heterocycles. The lowest BCUT2D eigenvalue weighted by Gasteiger charge is -2.25. The zero-order valence-electron chi connectivity index (χ0n) is 10.6. The number of benzene rings is 1. The van der Waals surface area contributed by atoms with E-state index in [1.165, 1.54) is 29.7 Å². The van der Waals surface area contributed by atoms with Crippen molar-refractivity contribution < 1.29 is 0 Å². The van der Waals surface area contributed by atoms with Crippen molar-refractivity contribution in [2.75, 3.05) is 18.5 Å². The van der Waals surface area contributed by atoms with Gasteiger partial charge in [-0.1, -0.05) is 12.1 Å². The fraction of sp³-hybridized carbons (Fsp3) is 0.571. The monoisotopic (exact) mass is 218 g/mol. The van der Waals surface area contributed by atoms with E-state index in [2.05, 4.69) is 42.3 Å². The van der Waals surface area contributed by atoms with Gasteiger partial charge in [-0.15, -0.1) is 0 Å². The van der Waals surface area contributed by atoms with Crippen LogP contribution in [0.3, 0.4) is 0 Å². The maximum absolute atomic E-state index is 3.20. The number of rotatable bonds is 5. The highest BCUT2D eigenvalue weighted by atomic mass is 15.2. The van der Waals surface area contributed by atoms with Crippen LogP contribution < -0.4 is 10.2 Å². The molecule has 2 rings (SSSR count). The van der Waals surface area contributed by atoms with Crippen LogP contribution in [0.4, 0.5) is 5.69 Å². The molecule has 0 unspecified atom stereocenters. The zero-order valence-corrected chi connectivity index (χ0v) is 10.6. The Balaban J connectivity index is 2.20. The highest BCUT2D eigenvalue weighted by Crippen LogP contribution is 2.33. The maximum Gasteiger partial charge on any atom is 0.0398 e. The first-order chi connectivity index (χ1) is 7.76. The molecule has 0 atom stereocenters. The van der Waals surface area contributed by atoms with Crippen LogP contribution in [0.25, 0.3) is 0 Å². The van der Waals surface area contributed by atoms with E-state index in [9.17, 15) is 0 Å². The lowest BCUT2D eigenvalue weighted by molar-refractivity contribution is 0.807. The number of nitrogens with zero attached hydrogens (tertiary/aromatic N) is 1. The molecular formula is C14H22N2. The molecule has 2 heteroatoms. The molecule has 1 fully saturated rings. The Labute approximate surface area is 98.7 Å². The van der Waals surface area contributed by atoms with Gasteiger partial charge in [-0.05, 0) is 50.9 Å². The van der Waals surface area contributed by atoms with Gasteiger partial charge < -0.3 is 10.2 Å². The van der Waals surface area contributed by atoms with Crippen LogP contribution in [0.15, 0.2) is 18.2 Å². The average Bonchev–Trinajstić information content (AvgIpc) is 3.07. The molecule has 1 saturated carbocycles. The molecule has 0 amide bonds. The molecule has 0 radical (unpaired) electrons. The van der Waals surface area contributed by atoms with Crippen LogP contribution in [0.5, 0.6) is 0 Å². The summed E-state index contributed by atoms with van der Waals surface area (Å²) in [7, 11) is 1.99. The lowest BCUT2D eigenvalue weighted by atomic mass is 10.1. The minimum Gasteiger partial charge on any atom is -0.369 e. The summed E-state index contributed by atoms with van der Waals surface area (Å²) in [5.74, 6) is 0.